The average molecular weight is 729 g/mol. The summed E-state index contributed by atoms with van der Waals surface area (Å²) in [7, 11) is 0. The lowest BCUT2D eigenvalue weighted by Gasteiger charge is -2.09. The van der Waals surface area contributed by atoms with Crippen molar-refractivity contribution < 1.29 is 9.59 Å². The van der Waals surface area contributed by atoms with Crippen LogP contribution in [0.5, 0.6) is 0 Å². The van der Waals surface area contributed by atoms with Crippen LogP contribution in [-0.4, -0.2) is 31.4 Å². The van der Waals surface area contributed by atoms with Crippen LogP contribution in [0.4, 0.5) is 11.6 Å². The van der Waals surface area contributed by atoms with E-state index in [0.29, 0.717) is 33.9 Å². The molecule has 2 aromatic heterocycles. The summed E-state index contributed by atoms with van der Waals surface area (Å²) in [5.74, 6) is 0.511. The number of anilines is 2. The summed E-state index contributed by atoms with van der Waals surface area (Å²) < 4.78 is 3.41. The summed E-state index contributed by atoms with van der Waals surface area (Å²) in [5, 5.41) is 33.3. The van der Waals surface area contributed by atoms with E-state index in [0.717, 1.165) is 33.9 Å². The highest BCUT2D eigenvalue weighted by atomic mass is 16.2. The van der Waals surface area contributed by atoms with Crippen molar-refractivity contribution in [3.05, 3.63) is 204 Å². The van der Waals surface area contributed by atoms with Crippen LogP contribution in [0, 0.1) is 22.7 Å². The number of benzene rings is 6. The van der Waals surface area contributed by atoms with Crippen LogP contribution in [0.15, 0.2) is 182 Å². The second kappa shape index (κ2) is 17.0. The van der Waals surface area contributed by atoms with Crippen LogP contribution in [0.3, 0.4) is 0 Å². The summed E-state index contributed by atoms with van der Waals surface area (Å²) in [5.41, 5.74) is 6.82. The maximum atomic E-state index is 12.7. The first-order valence-corrected chi connectivity index (χ1v) is 17.5. The summed E-state index contributed by atoms with van der Waals surface area (Å²) in [6, 6.07) is 59.8. The molecule has 0 aliphatic heterocycles. The molecular weight excluding hydrogens is 697 g/mol. The third-order valence-corrected chi connectivity index (χ3v) is 8.55. The number of amides is 2. The zero-order valence-corrected chi connectivity index (χ0v) is 29.8. The maximum Gasteiger partial charge on any atom is 0.256 e. The molecule has 2 amide bonds. The number of hydrogen-bond donors (Lipinski definition) is 2. The van der Waals surface area contributed by atoms with Gasteiger partial charge in [-0.25, -0.2) is 9.36 Å². The van der Waals surface area contributed by atoms with Crippen LogP contribution >= 0.6 is 0 Å². The van der Waals surface area contributed by atoms with Crippen molar-refractivity contribution in [3.8, 4) is 46.0 Å². The molecule has 8 rings (SSSR count). The molecule has 0 saturated carbocycles. The predicted molar refractivity (Wildman–Crippen MR) is 216 cm³/mol. The van der Waals surface area contributed by atoms with Crippen molar-refractivity contribution in [2.24, 2.45) is 0 Å². The molecule has 10 nitrogen and oxygen atoms in total. The molecule has 0 unspecified atom stereocenters. The van der Waals surface area contributed by atoms with Gasteiger partial charge in [0.2, 0.25) is 0 Å². The second-order valence-electron chi connectivity index (χ2n) is 12.3. The fraction of sp³-hybridized carbons (Fsp3) is 0. The highest BCUT2D eigenvalue weighted by molar-refractivity contribution is 6.05. The zero-order chi connectivity index (χ0) is 38.7. The minimum atomic E-state index is -0.297. The normalized spacial score (nSPS) is 10.2. The third-order valence-electron chi connectivity index (χ3n) is 8.55. The van der Waals surface area contributed by atoms with E-state index in [1.807, 2.05) is 133 Å². The SMILES string of the molecule is N#Cc1cccc(C(=O)Nc2cc(-c3ccccc3)nn2-c2ccccc2)c1.N#Cc1cccc(C(=O)Nc2cc(-c3ccccc3)nn2-c2ccccc2)c1. The van der Waals surface area contributed by atoms with Crippen molar-refractivity contribution in [2.45, 2.75) is 0 Å². The van der Waals surface area contributed by atoms with Crippen molar-refractivity contribution in [2.75, 3.05) is 10.6 Å². The zero-order valence-electron chi connectivity index (χ0n) is 29.8. The lowest BCUT2D eigenvalue weighted by atomic mass is 10.1. The summed E-state index contributed by atoms with van der Waals surface area (Å²) in [6.45, 7) is 0. The molecule has 0 atom stereocenters. The number of nitrogens with zero attached hydrogens (tertiary/aromatic N) is 6. The molecule has 6 aromatic carbocycles. The summed E-state index contributed by atoms with van der Waals surface area (Å²) in [4.78, 5) is 25.5. The Morgan fingerprint density at radius 1 is 0.446 bits per heavy atom. The Morgan fingerprint density at radius 2 is 0.804 bits per heavy atom. The highest BCUT2D eigenvalue weighted by Crippen LogP contribution is 2.27. The number of carbonyl (C=O) groups is 2. The molecule has 0 saturated heterocycles. The number of carbonyl (C=O) groups excluding carboxylic acids is 2. The van der Waals surface area contributed by atoms with Gasteiger partial charge < -0.3 is 10.6 Å². The molecule has 2 heterocycles. The van der Waals surface area contributed by atoms with E-state index in [2.05, 4.69) is 33.0 Å². The van der Waals surface area contributed by atoms with Gasteiger partial charge in [0.15, 0.2) is 0 Å². The molecule has 0 aliphatic carbocycles. The van der Waals surface area contributed by atoms with Crippen molar-refractivity contribution in [3.63, 3.8) is 0 Å². The lowest BCUT2D eigenvalue weighted by molar-refractivity contribution is 0.101. The van der Waals surface area contributed by atoms with Gasteiger partial charge in [0, 0.05) is 34.4 Å². The smallest absolute Gasteiger partial charge is 0.256 e. The monoisotopic (exact) mass is 728 g/mol. The van der Waals surface area contributed by atoms with Gasteiger partial charge in [-0.1, -0.05) is 109 Å². The van der Waals surface area contributed by atoms with E-state index in [4.69, 9.17) is 10.5 Å². The Hall–Kier alpha value is -8.34. The number of nitriles is 2. The van der Waals surface area contributed by atoms with Crippen LogP contribution in [0.2, 0.25) is 0 Å². The molecule has 0 fully saturated rings. The third kappa shape index (κ3) is 8.48. The standard InChI is InChI=1S/2C23H16N4O/c2*24-16-17-8-7-11-19(14-17)23(28)25-22-15-21(18-9-3-1-4-10-18)26-27(22)20-12-5-2-6-13-20/h2*1-15H,(H,25,28). The fourth-order valence-electron chi connectivity index (χ4n) is 5.81. The number of aromatic nitrogens is 4. The molecule has 268 valence electrons. The van der Waals surface area contributed by atoms with Gasteiger partial charge in [-0.15, -0.1) is 0 Å². The largest absolute Gasteiger partial charge is 0.306 e. The van der Waals surface area contributed by atoms with Crippen LogP contribution < -0.4 is 10.6 Å². The Labute approximate surface area is 323 Å². The first-order chi connectivity index (χ1) is 27.5. The minimum Gasteiger partial charge on any atom is -0.306 e. The van der Waals surface area contributed by atoms with E-state index in [-0.39, 0.29) is 11.8 Å². The first kappa shape index (κ1) is 36.0. The van der Waals surface area contributed by atoms with Gasteiger partial charge in [0.25, 0.3) is 11.8 Å². The number of hydrogen-bond acceptors (Lipinski definition) is 6. The first-order valence-electron chi connectivity index (χ1n) is 17.5. The van der Waals surface area contributed by atoms with E-state index in [1.165, 1.54) is 0 Å². The maximum absolute atomic E-state index is 12.7. The second-order valence-corrected chi connectivity index (χ2v) is 12.3. The summed E-state index contributed by atoms with van der Waals surface area (Å²) in [6.07, 6.45) is 0. The molecule has 8 aromatic rings. The predicted octanol–water partition coefficient (Wildman–Crippen LogP) is 9.33. The quantitative estimate of drug-likeness (QED) is 0.160. The van der Waals surface area contributed by atoms with Crippen molar-refractivity contribution in [1.29, 1.82) is 10.5 Å². The average Bonchev–Trinajstić information content (AvgIpc) is 3.90. The van der Waals surface area contributed by atoms with E-state index in [1.54, 1.807) is 57.9 Å². The molecule has 2 N–H and O–H groups in total. The van der Waals surface area contributed by atoms with Gasteiger partial charge >= 0.3 is 0 Å². The van der Waals surface area contributed by atoms with Gasteiger partial charge in [0.05, 0.1) is 46.0 Å². The molecule has 0 spiro atoms. The fourth-order valence-corrected chi connectivity index (χ4v) is 5.81. The van der Waals surface area contributed by atoms with Crippen LogP contribution in [0.25, 0.3) is 33.9 Å². The van der Waals surface area contributed by atoms with Crippen molar-refractivity contribution >= 4 is 23.5 Å². The van der Waals surface area contributed by atoms with Crippen LogP contribution in [-0.2, 0) is 0 Å². The van der Waals surface area contributed by atoms with Gasteiger partial charge in [0.1, 0.15) is 11.6 Å². The van der Waals surface area contributed by atoms with E-state index >= 15 is 0 Å². The summed E-state index contributed by atoms with van der Waals surface area (Å²) >= 11 is 0. The molecule has 0 bridgehead atoms. The van der Waals surface area contributed by atoms with Gasteiger partial charge in [-0.2, -0.15) is 20.7 Å². The highest BCUT2D eigenvalue weighted by Gasteiger charge is 2.17. The van der Waals surface area contributed by atoms with Gasteiger partial charge in [-0.3, -0.25) is 9.59 Å². The number of nitrogens with one attached hydrogen (secondary N) is 2. The molecule has 0 radical (unpaired) electrons. The Bertz CT molecular complexity index is 2510. The van der Waals surface area contributed by atoms with Gasteiger partial charge in [-0.05, 0) is 60.7 Å². The molecule has 10 heteroatoms. The molecule has 0 aliphatic rings. The van der Waals surface area contributed by atoms with E-state index < -0.39 is 0 Å². The van der Waals surface area contributed by atoms with Crippen molar-refractivity contribution in [1.82, 2.24) is 19.6 Å². The Balaban J connectivity index is 0.000000172. The number of para-hydroxylation sites is 2. The Morgan fingerprint density at radius 3 is 1.16 bits per heavy atom. The van der Waals surface area contributed by atoms with E-state index in [9.17, 15) is 9.59 Å². The lowest BCUT2D eigenvalue weighted by Crippen LogP contribution is -2.15. The number of rotatable bonds is 8. The molecular formula is C46H32N8O2. The topological polar surface area (TPSA) is 141 Å². The Kier molecular flexibility index (Phi) is 10.9. The minimum absolute atomic E-state index is 0.297. The van der Waals surface area contributed by atoms with Crippen LogP contribution in [0.1, 0.15) is 31.8 Å². The molecule has 56 heavy (non-hydrogen) atoms.